The fourth-order valence-electron chi connectivity index (χ4n) is 0.652. The van der Waals surface area contributed by atoms with Gasteiger partial charge in [-0.1, -0.05) is 36.9 Å². The first-order valence-corrected chi connectivity index (χ1v) is 2.80. The van der Waals surface area contributed by atoms with E-state index in [1.165, 1.54) is 0 Å². The van der Waals surface area contributed by atoms with E-state index in [9.17, 15) is 0 Å². The molecule has 0 radical (unpaired) electrons. The molecule has 2 N–H and O–H groups in total. The molecular weight excluding hydrogens is 110 g/mol. The summed E-state index contributed by atoms with van der Waals surface area (Å²) in [5.74, 6) is 0. The molecule has 1 rings (SSSR count). The van der Waals surface area contributed by atoms with E-state index in [4.69, 9.17) is 5.73 Å². The lowest BCUT2D eigenvalue weighted by atomic mass is 10.2. The molecule has 1 nitrogen and oxygen atoms in total. The minimum absolute atomic E-state index is 0. The monoisotopic (exact) mass is 121 g/mol. The van der Waals surface area contributed by atoms with Crippen LogP contribution >= 0.6 is 0 Å². The Hall–Kier alpha value is -1.24. The number of benzene rings is 1. The van der Waals surface area contributed by atoms with E-state index >= 15 is 0 Å². The Balaban J connectivity index is 0.000000810. The minimum Gasteiger partial charge on any atom is -0.399 e. The Labute approximate surface area is 56.3 Å². The molecule has 0 amide bonds. The third-order valence-corrected chi connectivity index (χ3v) is 1.14. The lowest BCUT2D eigenvalue weighted by Gasteiger charge is -1.95. The largest absolute Gasteiger partial charge is 0.399 e. The van der Waals surface area contributed by atoms with Gasteiger partial charge in [0.05, 0.1) is 0 Å². The van der Waals surface area contributed by atoms with Gasteiger partial charge in [-0.3, -0.25) is 0 Å². The highest BCUT2D eigenvalue weighted by molar-refractivity contribution is 5.59. The van der Waals surface area contributed by atoms with E-state index in [1.807, 2.05) is 30.3 Å². The highest BCUT2D eigenvalue weighted by atomic mass is 14.6. The number of hydrogen-bond donors (Lipinski definition) is 1. The molecule has 9 heavy (non-hydrogen) atoms. The molecule has 1 heteroatoms. The van der Waals surface area contributed by atoms with Crippen LogP contribution in [0.5, 0.6) is 0 Å². The van der Waals surface area contributed by atoms with Crippen LogP contribution in [0, 0.1) is 0 Å². The van der Waals surface area contributed by atoms with E-state index in [-0.39, 0.29) is 1.43 Å². The van der Waals surface area contributed by atoms with Crippen molar-refractivity contribution in [2.24, 2.45) is 5.73 Å². The van der Waals surface area contributed by atoms with Gasteiger partial charge in [-0.2, -0.15) is 0 Å². The van der Waals surface area contributed by atoms with Crippen molar-refractivity contribution in [1.82, 2.24) is 0 Å². The first-order chi connectivity index (χ1) is 4.30. The predicted octanol–water partition coefficient (Wildman–Crippen LogP) is 1.86. The van der Waals surface area contributed by atoms with Gasteiger partial charge in [0.1, 0.15) is 0 Å². The smallest absolute Gasteiger partial charge is 0.0314 e. The Morgan fingerprint density at radius 2 is 1.89 bits per heavy atom. The van der Waals surface area contributed by atoms with Gasteiger partial charge in [0.2, 0.25) is 0 Å². The van der Waals surface area contributed by atoms with Crippen LogP contribution in [0.3, 0.4) is 0 Å². The fraction of sp³-hybridized carbons (Fsp3) is 0. The normalized spacial score (nSPS) is 8.89. The number of rotatable bonds is 1. The summed E-state index contributed by atoms with van der Waals surface area (Å²) in [6.07, 6.45) is 0. The predicted molar refractivity (Wildman–Crippen MR) is 41.8 cm³/mol. The van der Waals surface area contributed by atoms with Gasteiger partial charge in [0.25, 0.3) is 0 Å². The van der Waals surface area contributed by atoms with Crippen molar-refractivity contribution < 1.29 is 1.43 Å². The molecule has 0 unspecified atom stereocenters. The molecule has 0 bridgehead atoms. The molecule has 0 aliphatic heterocycles. The summed E-state index contributed by atoms with van der Waals surface area (Å²) >= 11 is 0. The number of nitrogens with two attached hydrogens (primary N) is 1. The molecule has 0 spiro atoms. The third kappa shape index (κ3) is 1.32. The zero-order valence-electron chi connectivity index (χ0n) is 5.17. The Morgan fingerprint density at radius 1 is 1.33 bits per heavy atom. The quantitative estimate of drug-likeness (QED) is 0.603. The van der Waals surface area contributed by atoms with Gasteiger partial charge >= 0.3 is 0 Å². The molecule has 0 aliphatic carbocycles. The topological polar surface area (TPSA) is 26.0 Å². The molecule has 0 saturated heterocycles. The molecule has 0 saturated carbocycles. The molecular formula is C8H11N. The second kappa shape index (κ2) is 2.35. The summed E-state index contributed by atoms with van der Waals surface area (Å²) in [7, 11) is 0. The van der Waals surface area contributed by atoms with Crippen LogP contribution in [0.15, 0.2) is 36.9 Å². The van der Waals surface area contributed by atoms with E-state index in [0.717, 1.165) is 5.56 Å². The standard InChI is InChI=1S/C8H9N.H2/c1-7(9)8-5-3-2-4-6-8;/h2-6H,1,9H2;1H. The highest BCUT2D eigenvalue weighted by Gasteiger charge is 1.86. The van der Waals surface area contributed by atoms with E-state index in [0.29, 0.717) is 5.70 Å². The molecule has 1 aromatic carbocycles. The zero-order valence-corrected chi connectivity index (χ0v) is 5.17. The van der Waals surface area contributed by atoms with Gasteiger partial charge in [0.15, 0.2) is 0 Å². The third-order valence-electron chi connectivity index (χ3n) is 1.14. The second-order valence-electron chi connectivity index (χ2n) is 1.89. The van der Waals surface area contributed by atoms with Crippen LogP contribution in [0.2, 0.25) is 0 Å². The zero-order chi connectivity index (χ0) is 6.69. The van der Waals surface area contributed by atoms with Crippen LogP contribution in [0.4, 0.5) is 0 Å². The van der Waals surface area contributed by atoms with Crippen molar-refractivity contribution in [3.8, 4) is 0 Å². The van der Waals surface area contributed by atoms with Gasteiger partial charge in [-0.15, -0.1) is 0 Å². The summed E-state index contributed by atoms with van der Waals surface area (Å²) in [4.78, 5) is 0. The van der Waals surface area contributed by atoms with Gasteiger partial charge < -0.3 is 5.73 Å². The summed E-state index contributed by atoms with van der Waals surface area (Å²) in [5.41, 5.74) is 7.04. The molecule has 0 aliphatic rings. The van der Waals surface area contributed by atoms with Crippen LogP contribution in [0.1, 0.15) is 6.99 Å². The van der Waals surface area contributed by atoms with Gasteiger partial charge in [-0.05, 0) is 5.56 Å². The summed E-state index contributed by atoms with van der Waals surface area (Å²) in [5, 5.41) is 0. The van der Waals surface area contributed by atoms with Crippen LogP contribution in [0.25, 0.3) is 5.70 Å². The molecule has 48 valence electrons. The summed E-state index contributed by atoms with van der Waals surface area (Å²) in [6, 6.07) is 9.69. The summed E-state index contributed by atoms with van der Waals surface area (Å²) < 4.78 is 0. The van der Waals surface area contributed by atoms with Crippen molar-refractivity contribution in [3.63, 3.8) is 0 Å². The average Bonchev–Trinajstić information content (AvgIpc) is 1.90. The molecule has 0 fully saturated rings. The lowest BCUT2D eigenvalue weighted by Crippen LogP contribution is -1.91. The summed E-state index contributed by atoms with van der Waals surface area (Å²) in [6.45, 7) is 3.60. The van der Waals surface area contributed by atoms with Crippen molar-refractivity contribution in [3.05, 3.63) is 42.5 Å². The number of hydrogen-bond acceptors (Lipinski definition) is 1. The Morgan fingerprint density at radius 3 is 2.22 bits per heavy atom. The maximum atomic E-state index is 5.42. The van der Waals surface area contributed by atoms with Crippen LogP contribution in [-0.4, -0.2) is 0 Å². The molecule has 0 heterocycles. The van der Waals surface area contributed by atoms with Crippen molar-refractivity contribution >= 4 is 5.70 Å². The van der Waals surface area contributed by atoms with Crippen molar-refractivity contribution in [2.75, 3.05) is 0 Å². The van der Waals surface area contributed by atoms with Crippen molar-refractivity contribution in [1.29, 1.82) is 0 Å². The fourth-order valence-corrected chi connectivity index (χ4v) is 0.652. The van der Waals surface area contributed by atoms with Crippen LogP contribution < -0.4 is 5.73 Å². The van der Waals surface area contributed by atoms with Gasteiger partial charge in [-0.25, -0.2) is 0 Å². The Bertz CT molecular complexity index is 206. The SMILES string of the molecule is C=C(N)c1ccccc1.[HH]. The van der Waals surface area contributed by atoms with E-state index < -0.39 is 0 Å². The van der Waals surface area contributed by atoms with E-state index in [2.05, 4.69) is 6.58 Å². The maximum Gasteiger partial charge on any atom is 0.0314 e. The highest BCUT2D eigenvalue weighted by Crippen LogP contribution is 2.03. The Kier molecular flexibility index (Phi) is 1.54. The second-order valence-corrected chi connectivity index (χ2v) is 1.89. The maximum absolute atomic E-state index is 5.42. The minimum atomic E-state index is 0. The van der Waals surface area contributed by atoms with Crippen LogP contribution in [-0.2, 0) is 0 Å². The van der Waals surface area contributed by atoms with Gasteiger partial charge in [0, 0.05) is 7.12 Å². The molecule has 0 aromatic heterocycles. The average molecular weight is 121 g/mol. The molecule has 0 atom stereocenters. The van der Waals surface area contributed by atoms with E-state index in [1.54, 1.807) is 0 Å². The lowest BCUT2D eigenvalue weighted by molar-refractivity contribution is 1.53. The first-order valence-electron chi connectivity index (χ1n) is 2.80. The van der Waals surface area contributed by atoms with Crippen molar-refractivity contribution in [2.45, 2.75) is 0 Å². The first kappa shape index (κ1) is 5.89. The molecule has 1 aromatic rings.